The number of anilines is 2. The minimum atomic E-state index is 0.220. The average Bonchev–Trinajstić information content (AvgIpc) is 3.78. The number of aromatic nitrogens is 1. The molecule has 0 saturated carbocycles. The van der Waals surface area contributed by atoms with E-state index < -0.39 is 0 Å². The van der Waals surface area contributed by atoms with Crippen molar-refractivity contribution in [2.24, 2.45) is 0 Å². The lowest BCUT2D eigenvalue weighted by Crippen LogP contribution is -2.28. The molecular weight excluding hydrogens is 574 g/mol. The molecule has 0 amide bonds. The van der Waals surface area contributed by atoms with Crippen molar-refractivity contribution < 1.29 is 4.42 Å². The van der Waals surface area contributed by atoms with Gasteiger partial charge < -0.3 is 13.9 Å². The summed E-state index contributed by atoms with van der Waals surface area (Å²) < 4.78 is 8.52. The maximum Gasteiger partial charge on any atom is 0.135 e. The van der Waals surface area contributed by atoms with Crippen LogP contribution in [0.2, 0.25) is 0 Å². The second-order valence-corrected chi connectivity index (χ2v) is 12.4. The minimum absolute atomic E-state index is 0.220. The monoisotopic (exact) mass is 601 g/mol. The summed E-state index contributed by atoms with van der Waals surface area (Å²) in [5.74, 6) is 0.241. The summed E-state index contributed by atoms with van der Waals surface area (Å²) in [4.78, 5) is 2.48. The molecule has 4 heteroatoms. The molecule has 8 aromatic rings. The molecule has 3 heterocycles. The molecule has 220 valence electrons. The van der Waals surface area contributed by atoms with Crippen LogP contribution in [0, 0.1) is 11.3 Å². The summed E-state index contributed by atoms with van der Waals surface area (Å²) in [5.41, 5.74) is 11.9. The van der Waals surface area contributed by atoms with E-state index in [1.54, 1.807) is 6.07 Å². The fourth-order valence-corrected chi connectivity index (χ4v) is 7.93. The highest BCUT2D eigenvalue weighted by atomic mass is 16.3. The van der Waals surface area contributed by atoms with Crippen molar-refractivity contribution >= 4 is 60.7 Å². The Kier molecular flexibility index (Phi) is 5.44. The maximum absolute atomic E-state index is 9.55. The fourth-order valence-electron chi connectivity index (χ4n) is 7.93. The van der Waals surface area contributed by atoms with E-state index in [1.165, 1.54) is 38.8 Å². The standard InChI is InChI=1S/C43H27N3O/c44-26-27-17-21-41-35(23-27)36-25-30(19-22-42(36)47-41)46-38-15-7-5-12-33(38)43-31(13-8-16-40(43)46)28-18-20-39-34(24-28)32-11-4-6-14-37(32)45(39)29-9-2-1-3-10-29/h1-25,34,39H. The van der Waals surface area contributed by atoms with E-state index in [-0.39, 0.29) is 12.0 Å². The molecule has 47 heavy (non-hydrogen) atoms. The van der Waals surface area contributed by atoms with Crippen LogP contribution in [-0.4, -0.2) is 10.6 Å². The van der Waals surface area contributed by atoms with Crippen molar-refractivity contribution in [2.45, 2.75) is 12.0 Å². The zero-order valence-corrected chi connectivity index (χ0v) is 25.3. The molecule has 2 atom stereocenters. The van der Waals surface area contributed by atoms with Crippen LogP contribution >= 0.6 is 0 Å². The van der Waals surface area contributed by atoms with E-state index in [2.05, 4.69) is 143 Å². The Morgan fingerprint density at radius 3 is 2.30 bits per heavy atom. The van der Waals surface area contributed by atoms with Crippen LogP contribution in [-0.2, 0) is 0 Å². The average molecular weight is 602 g/mol. The molecule has 2 unspecified atom stereocenters. The van der Waals surface area contributed by atoms with Gasteiger partial charge >= 0.3 is 0 Å². The molecule has 0 spiro atoms. The molecule has 2 aliphatic rings. The normalized spacial score (nSPS) is 16.9. The molecule has 4 nitrogen and oxygen atoms in total. The lowest BCUT2D eigenvalue weighted by Gasteiger charge is -2.29. The molecule has 0 N–H and O–H groups in total. The zero-order chi connectivity index (χ0) is 31.1. The fraction of sp³-hybridized carbons (Fsp3) is 0.0465. The molecule has 0 fully saturated rings. The first-order valence-electron chi connectivity index (χ1n) is 16.0. The molecule has 0 radical (unpaired) electrons. The van der Waals surface area contributed by atoms with E-state index in [0.29, 0.717) is 5.56 Å². The van der Waals surface area contributed by atoms with Crippen molar-refractivity contribution in [1.82, 2.24) is 4.57 Å². The van der Waals surface area contributed by atoms with Gasteiger partial charge in [0.05, 0.1) is 28.7 Å². The summed E-state index contributed by atoms with van der Waals surface area (Å²) in [6.45, 7) is 0. The number of nitriles is 1. The molecule has 1 aliphatic heterocycles. The van der Waals surface area contributed by atoms with Gasteiger partial charge in [0.1, 0.15) is 11.2 Å². The number of rotatable bonds is 3. The Labute approximate surface area is 271 Å². The van der Waals surface area contributed by atoms with Crippen LogP contribution in [0.25, 0.3) is 55.0 Å². The largest absolute Gasteiger partial charge is 0.456 e. The van der Waals surface area contributed by atoms with E-state index in [4.69, 9.17) is 4.42 Å². The van der Waals surface area contributed by atoms with Gasteiger partial charge in [0.25, 0.3) is 0 Å². The number of benzene rings is 6. The first-order chi connectivity index (χ1) is 23.3. The Bertz CT molecular complexity index is 2670. The van der Waals surface area contributed by atoms with Crippen molar-refractivity contribution in [3.63, 3.8) is 0 Å². The lowest BCUT2D eigenvalue weighted by atomic mass is 9.85. The Hall–Kier alpha value is -6.31. The summed E-state index contributed by atoms with van der Waals surface area (Å²) in [7, 11) is 0. The SMILES string of the molecule is N#Cc1ccc2oc3ccc(-n4c5ccccc5c5c(C6=CC7c8ccccc8N(c8ccccc8)C7C=C6)cccc54)cc3c2c1. The van der Waals surface area contributed by atoms with Gasteiger partial charge in [-0.3, -0.25) is 0 Å². The molecule has 6 aromatic carbocycles. The number of nitrogens with zero attached hydrogens (tertiary/aromatic N) is 3. The zero-order valence-electron chi connectivity index (χ0n) is 25.3. The quantitative estimate of drug-likeness (QED) is 0.202. The van der Waals surface area contributed by atoms with Crippen LogP contribution in [0.4, 0.5) is 11.4 Å². The van der Waals surface area contributed by atoms with E-state index in [0.717, 1.165) is 38.7 Å². The molecular formula is C43H27N3O. The first kappa shape index (κ1) is 26.0. The topological polar surface area (TPSA) is 45.1 Å². The van der Waals surface area contributed by atoms with Crippen LogP contribution < -0.4 is 4.90 Å². The third-order valence-electron chi connectivity index (χ3n) is 9.94. The highest BCUT2D eigenvalue weighted by Crippen LogP contribution is 2.50. The Morgan fingerprint density at radius 1 is 0.638 bits per heavy atom. The minimum Gasteiger partial charge on any atom is -0.456 e. The van der Waals surface area contributed by atoms with Gasteiger partial charge in [0, 0.05) is 44.5 Å². The third kappa shape index (κ3) is 3.75. The third-order valence-corrected chi connectivity index (χ3v) is 9.94. The van der Waals surface area contributed by atoms with Gasteiger partial charge in [-0.2, -0.15) is 5.26 Å². The smallest absolute Gasteiger partial charge is 0.135 e. The van der Waals surface area contributed by atoms with Gasteiger partial charge in [-0.15, -0.1) is 0 Å². The van der Waals surface area contributed by atoms with Crippen molar-refractivity contribution in [1.29, 1.82) is 5.26 Å². The van der Waals surface area contributed by atoms with E-state index >= 15 is 0 Å². The van der Waals surface area contributed by atoms with Gasteiger partial charge in [-0.25, -0.2) is 0 Å². The van der Waals surface area contributed by atoms with Crippen LogP contribution in [0.5, 0.6) is 0 Å². The predicted molar refractivity (Wildman–Crippen MR) is 191 cm³/mol. The number of allylic oxidation sites excluding steroid dienone is 2. The number of fused-ring (bicyclic) bond motifs is 9. The number of para-hydroxylation sites is 3. The highest BCUT2D eigenvalue weighted by molar-refractivity contribution is 6.15. The van der Waals surface area contributed by atoms with Crippen molar-refractivity contribution in [2.75, 3.05) is 4.90 Å². The van der Waals surface area contributed by atoms with Crippen LogP contribution in [0.1, 0.15) is 22.6 Å². The number of hydrogen-bond donors (Lipinski definition) is 0. The first-order valence-corrected chi connectivity index (χ1v) is 16.0. The summed E-state index contributed by atoms with van der Waals surface area (Å²) in [5, 5.41) is 14.0. The molecule has 2 aromatic heterocycles. The maximum atomic E-state index is 9.55. The highest BCUT2D eigenvalue weighted by Gasteiger charge is 2.38. The molecule has 10 rings (SSSR count). The van der Waals surface area contributed by atoms with Gasteiger partial charge in [-0.1, -0.05) is 85.0 Å². The van der Waals surface area contributed by atoms with E-state index in [9.17, 15) is 5.26 Å². The second kappa shape index (κ2) is 9.84. The molecule has 0 bridgehead atoms. The van der Waals surface area contributed by atoms with Gasteiger partial charge in [-0.05, 0) is 83.4 Å². The second-order valence-electron chi connectivity index (χ2n) is 12.4. The lowest BCUT2D eigenvalue weighted by molar-refractivity contribution is 0.669. The number of furan rings is 1. The van der Waals surface area contributed by atoms with Crippen LogP contribution in [0.3, 0.4) is 0 Å². The summed E-state index contributed by atoms with van der Waals surface area (Å²) in [6.07, 6.45) is 7.18. The Balaban J connectivity index is 1.16. The van der Waals surface area contributed by atoms with Crippen LogP contribution in [0.15, 0.2) is 156 Å². The van der Waals surface area contributed by atoms with Crippen molar-refractivity contribution in [3.8, 4) is 11.8 Å². The molecule has 1 aliphatic carbocycles. The molecule has 0 saturated heterocycles. The number of hydrogen-bond acceptors (Lipinski definition) is 3. The van der Waals surface area contributed by atoms with Crippen molar-refractivity contribution in [3.05, 3.63) is 168 Å². The Morgan fingerprint density at radius 2 is 1.40 bits per heavy atom. The summed E-state index contributed by atoms with van der Waals surface area (Å²) >= 11 is 0. The summed E-state index contributed by atoms with van der Waals surface area (Å²) in [6, 6.07) is 49.4. The predicted octanol–water partition coefficient (Wildman–Crippen LogP) is 10.8. The van der Waals surface area contributed by atoms with Gasteiger partial charge in [0.15, 0.2) is 0 Å². The van der Waals surface area contributed by atoms with Gasteiger partial charge in [0.2, 0.25) is 0 Å². The van der Waals surface area contributed by atoms with E-state index in [1.807, 2.05) is 18.2 Å².